The van der Waals surface area contributed by atoms with Gasteiger partial charge in [-0.2, -0.15) is 5.26 Å². The van der Waals surface area contributed by atoms with Crippen LogP contribution in [0.1, 0.15) is 45.9 Å². The predicted molar refractivity (Wildman–Crippen MR) is 82.9 cm³/mol. The van der Waals surface area contributed by atoms with Gasteiger partial charge in [-0.15, -0.1) is 0 Å². The van der Waals surface area contributed by atoms with Gasteiger partial charge in [-0.1, -0.05) is 13.8 Å². The van der Waals surface area contributed by atoms with Crippen LogP contribution in [0, 0.1) is 11.3 Å². The number of nitrogens with one attached hydrogen (secondary N) is 1. The molecule has 1 unspecified atom stereocenters. The minimum atomic E-state index is 0.142. The maximum atomic E-state index is 8.82. The van der Waals surface area contributed by atoms with Gasteiger partial charge in [-0.3, -0.25) is 0 Å². The molecule has 0 saturated heterocycles. The topological polar surface area (TPSA) is 64.8 Å². The molecule has 0 fully saturated rings. The van der Waals surface area contributed by atoms with Crippen molar-refractivity contribution in [1.82, 2.24) is 9.97 Å². The third-order valence-electron chi connectivity index (χ3n) is 3.20. The van der Waals surface area contributed by atoms with Gasteiger partial charge in [-0.05, 0) is 19.8 Å². The van der Waals surface area contributed by atoms with E-state index in [1.165, 1.54) is 0 Å². The van der Waals surface area contributed by atoms with Crippen LogP contribution in [0.15, 0.2) is 6.07 Å². The summed E-state index contributed by atoms with van der Waals surface area (Å²) >= 11 is 0. The monoisotopic (exact) mass is 275 g/mol. The minimum Gasteiger partial charge on any atom is -0.370 e. The zero-order valence-corrected chi connectivity index (χ0v) is 13.0. The molecule has 0 radical (unpaired) electrons. The average Bonchev–Trinajstić information content (AvgIpc) is 2.44. The molecule has 0 saturated carbocycles. The highest BCUT2D eigenvalue weighted by Gasteiger charge is 2.13. The van der Waals surface area contributed by atoms with E-state index in [0.717, 1.165) is 43.3 Å². The van der Waals surface area contributed by atoms with Gasteiger partial charge >= 0.3 is 0 Å². The van der Waals surface area contributed by atoms with Gasteiger partial charge in [0.1, 0.15) is 17.5 Å². The van der Waals surface area contributed by atoms with Crippen LogP contribution in [-0.2, 0) is 6.42 Å². The molecule has 1 atom stereocenters. The zero-order valence-electron chi connectivity index (χ0n) is 13.0. The van der Waals surface area contributed by atoms with Gasteiger partial charge in [0.05, 0.1) is 12.5 Å². The number of anilines is 2. The summed E-state index contributed by atoms with van der Waals surface area (Å²) in [6.45, 7) is 7.18. The summed E-state index contributed by atoms with van der Waals surface area (Å²) in [4.78, 5) is 11.2. The maximum absolute atomic E-state index is 8.82. The molecule has 1 N–H and O–H groups in total. The van der Waals surface area contributed by atoms with E-state index in [4.69, 9.17) is 5.26 Å². The molecule has 0 aliphatic carbocycles. The lowest BCUT2D eigenvalue weighted by molar-refractivity contribution is 0.687. The first-order chi connectivity index (χ1) is 9.62. The quantitative estimate of drug-likeness (QED) is 0.790. The summed E-state index contributed by atoms with van der Waals surface area (Å²) in [5.74, 6) is 2.61. The predicted octanol–water partition coefficient (Wildman–Crippen LogP) is 2.99. The Morgan fingerprint density at radius 2 is 2.10 bits per heavy atom. The fourth-order valence-corrected chi connectivity index (χ4v) is 1.84. The smallest absolute Gasteiger partial charge is 0.134 e. The van der Waals surface area contributed by atoms with E-state index >= 15 is 0 Å². The summed E-state index contributed by atoms with van der Waals surface area (Å²) in [6, 6.07) is 4.31. The first kappa shape index (κ1) is 16.2. The Morgan fingerprint density at radius 1 is 1.35 bits per heavy atom. The Morgan fingerprint density at radius 3 is 2.70 bits per heavy atom. The molecular weight excluding hydrogens is 250 g/mol. The number of nitrogens with zero attached hydrogens (tertiary/aromatic N) is 4. The molecular formula is C15H25N5. The third-order valence-corrected chi connectivity index (χ3v) is 3.20. The Bertz CT molecular complexity index is 452. The van der Waals surface area contributed by atoms with Crippen molar-refractivity contribution in [1.29, 1.82) is 5.26 Å². The largest absolute Gasteiger partial charge is 0.370 e. The number of aryl methyl sites for hydroxylation is 1. The second-order valence-electron chi connectivity index (χ2n) is 5.03. The highest BCUT2D eigenvalue weighted by Crippen LogP contribution is 2.18. The van der Waals surface area contributed by atoms with Crippen LogP contribution in [0.4, 0.5) is 11.6 Å². The van der Waals surface area contributed by atoms with E-state index in [2.05, 4.69) is 35.2 Å². The van der Waals surface area contributed by atoms with E-state index in [1.807, 2.05) is 24.9 Å². The third kappa shape index (κ3) is 4.69. The number of rotatable bonds is 8. The Hall–Kier alpha value is -1.83. The summed E-state index contributed by atoms with van der Waals surface area (Å²) in [6.07, 6.45) is 3.44. The van der Waals surface area contributed by atoms with Crippen molar-refractivity contribution in [3.05, 3.63) is 11.9 Å². The Labute approximate surface area is 122 Å². The van der Waals surface area contributed by atoms with E-state index in [0.29, 0.717) is 6.42 Å². The normalized spacial score (nSPS) is 11.8. The molecule has 0 amide bonds. The Balaban J connectivity index is 2.98. The van der Waals surface area contributed by atoms with Crippen LogP contribution in [0.3, 0.4) is 0 Å². The van der Waals surface area contributed by atoms with Crippen molar-refractivity contribution < 1.29 is 0 Å². The first-order valence-electron chi connectivity index (χ1n) is 7.33. The van der Waals surface area contributed by atoms with E-state index in [9.17, 15) is 0 Å². The molecule has 5 nitrogen and oxygen atoms in total. The van der Waals surface area contributed by atoms with Crippen LogP contribution in [0.25, 0.3) is 0 Å². The maximum Gasteiger partial charge on any atom is 0.134 e. The summed E-state index contributed by atoms with van der Waals surface area (Å²) in [5.41, 5.74) is 0. The molecule has 0 bridgehead atoms. The minimum absolute atomic E-state index is 0.142. The number of nitriles is 1. The van der Waals surface area contributed by atoms with Crippen molar-refractivity contribution in [3.63, 3.8) is 0 Å². The van der Waals surface area contributed by atoms with E-state index < -0.39 is 0 Å². The molecule has 1 aromatic rings. The van der Waals surface area contributed by atoms with Crippen LogP contribution in [0.2, 0.25) is 0 Å². The molecule has 0 aliphatic heterocycles. The standard InChI is InChI=1S/C15H25N5/c1-5-7-13-18-14(17-10-6-2)11-15(19-13)20(4)12(3)8-9-16/h11-12H,5-8,10H2,1-4H3,(H,17,18,19). The lowest BCUT2D eigenvalue weighted by Crippen LogP contribution is -2.29. The fourth-order valence-electron chi connectivity index (χ4n) is 1.84. The van der Waals surface area contributed by atoms with Gasteiger partial charge in [0, 0.05) is 32.1 Å². The van der Waals surface area contributed by atoms with Crippen molar-refractivity contribution in [3.8, 4) is 6.07 Å². The average molecular weight is 275 g/mol. The van der Waals surface area contributed by atoms with Gasteiger partial charge in [0.2, 0.25) is 0 Å². The molecule has 1 aromatic heterocycles. The van der Waals surface area contributed by atoms with Crippen molar-refractivity contribution in [2.24, 2.45) is 0 Å². The van der Waals surface area contributed by atoms with E-state index in [-0.39, 0.29) is 6.04 Å². The molecule has 1 rings (SSSR count). The summed E-state index contributed by atoms with van der Waals surface area (Å²) < 4.78 is 0. The SMILES string of the molecule is CCCNc1cc(N(C)C(C)CC#N)nc(CCC)n1. The van der Waals surface area contributed by atoms with Crippen molar-refractivity contribution >= 4 is 11.6 Å². The van der Waals surface area contributed by atoms with Crippen LogP contribution >= 0.6 is 0 Å². The van der Waals surface area contributed by atoms with Gasteiger partial charge < -0.3 is 10.2 Å². The fraction of sp³-hybridized carbons (Fsp3) is 0.667. The molecule has 1 heterocycles. The van der Waals surface area contributed by atoms with Crippen molar-refractivity contribution in [2.45, 2.75) is 52.5 Å². The highest BCUT2D eigenvalue weighted by atomic mass is 15.2. The number of hydrogen-bond acceptors (Lipinski definition) is 5. The second-order valence-corrected chi connectivity index (χ2v) is 5.03. The van der Waals surface area contributed by atoms with Gasteiger partial charge in [0.25, 0.3) is 0 Å². The zero-order chi connectivity index (χ0) is 15.0. The molecule has 20 heavy (non-hydrogen) atoms. The van der Waals surface area contributed by atoms with Crippen LogP contribution in [0.5, 0.6) is 0 Å². The summed E-state index contributed by atoms with van der Waals surface area (Å²) in [5, 5.41) is 12.1. The molecule has 5 heteroatoms. The van der Waals surface area contributed by atoms with E-state index in [1.54, 1.807) is 0 Å². The van der Waals surface area contributed by atoms with Crippen molar-refractivity contribution in [2.75, 3.05) is 23.8 Å². The lowest BCUT2D eigenvalue weighted by Gasteiger charge is -2.25. The molecule has 110 valence electrons. The Kier molecular flexibility index (Phi) is 6.78. The summed E-state index contributed by atoms with van der Waals surface area (Å²) in [7, 11) is 1.98. The van der Waals surface area contributed by atoms with Gasteiger partial charge in [-0.25, -0.2) is 9.97 Å². The number of aromatic nitrogens is 2. The second kappa shape index (κ2) is 8.36. The molecule has 0 aromatic carbocycles. The molecule has 0 spiro atoms. The van der Waals surface area contributed by atoms with Crippen LogP contribution < -0.4 is 10.2 Å². The lowest BCUT2D eigenvalue weighted by atomic mass is 10.2. The number of hydrogen-bond donors (Lipinski definition) is 1. The molecule has 0 aliphatic rings. The first-order valence-corrected chi connectivity index (χ1v) is 7.33. The highest BCUT2D eigenvalue weighted by molar-refractivity contribution is 5.49. The van der Waals surface area contributed by atoms with Gasteiger partial charge in [0.15, 0.2) is 0 Å². The van der Waals surface area contributed by atoms with Crippen LogP contribution in [-0.4, -0.2) is 29.6 Å².